The number of hydrogen-bond donors (Lipinski definition) is 2. The van der Waals surface area contributed by atoms with E-state index in [2.05, 4.69) is 15.8 Å². The molecule has 2 amide bonds. The number of anilines is 1. The Balaban J connectivity index is 2.72. The van der Waals surface area contributed by atoms with Crippen LogP contribution in [0, 0.1) is 5.92 Å². The van der Waals surface area contributed by atoms with Gasteiger partial charge in [-0.3, -0.25) is 14.4 Å². The van der Waals surface area contributed by atoms with Gasteiger partial charge in [0.1, 0.15) is 0 Å². The average Bonchev–Trinajstić information content (AvgIpc) is 2.53. The highest BCUT2D eigenvalue weighted by molar-refractivity contribution is 6.02. The smallest absolute Gasteiger partial charge is 0.314 e. The molecule has 0 heterocycles. The molecule has 0 aliphatic carbocycles. The molecule has 0 aliphatic heterocycles. The molecule has 0 radical (unpaired) electrons. The molecule has 1 rings (SSSR count). The minimum Gasteiger partial charge on any atom is -0.465 e. The summed E-state index contributed by atoms with van der Waals surface area (Å²) in [6.07, 6.45) is 0.537. The molecular formula is C17H23N3O4. The maximum Gasteiger partial charge on any atom is 0.314 e. The van der Waals surface area contributed by atoms with Gasteiger partial charge in [0.25, 0.3) is 5.91 Å². The number of nitrogens with zero attached hydrogens (tertiary/aromatic N) is 1. The Morgan fingerprint density at radius 3 is 2.25 bits per heavy atom. The quantitative estimate of drug-likeness (QED) is 0.455. The van der Waals surface area contributed by atoms with Gasteiger partial charge < -0.3 is 10.1 Å². The van der Waals surface area contributed by atoms with E-state index < -0.39 is 11.8 Å². The molecule has 2 N–H and O–H groups in total. The fourth-order valence-electron chi connectivity index (χ4n) is 2.07. The first kappa shape index (κ1) is 19.3. The summed E-state index contributed by atoms with van der Waals surface area (Å²) in [5, 5.41) is 6.61. The van der Waals surface area contributed by atoms with E-state index in [4.69, 9.17) is 4.74 Å². The Bertz CT molecular complexity index is 623. The molecule has 1 aromatic rings. The van der Waals surface area contributed by atoms with Crippen molar-refractivity contribution in [1.29, 1.82) is 0 Å². The van der Waals surface area contributed by atoms with Crippen LogP contribution in [0.2, 0.25) is 0 Å². The third kappa shape index (κ3) is 5.83. The summed E-state index contributed by atoms with van der Waals surface area (Å²) in [6.45, 7) is 6.97. The van der Waals surface area contributed by atoms with Crippen molar-refractivity contribution in [2.45, 2.75) is 34.1 Å². The first-order chi connectivity index (χ1) is 11.4. The van der Waals surface area contributed by atoms with Crippen LogP contribution in [0.5, 0.6) is 0 Å². The molecule has 1 aromatic carbocycles. The normalized spacial score (nSPS) is 12.2. The largest absolute Gasteiger partial charge is 0.465 e. The third-order valence-corrected chi connectivity index (χ3v) is 3.28. The summed E-state index contributed by atoms with van der Waals surface area (Å²) in [7, 11) is 0. The van der Waals surface area contributed by atoms with Crippen LogP contribution in [0.1, 0.15) is 44.5 Å². The van der Waals surface area contributed by atoms with Gasteiger partial charge in [-0.2, -0.15) is 5.10 Å². The minimum atomic E-state index is -0.479. The number of hydrazone groups is 1. The fourth-order valence-corrected chi connectivity index (χ4v) is 2.07. The van der Waals surface area contributed by atoms with E-state index >= 15 is 0 Å². The predicted octanol–water partition coefficient (Wildman–Crippen LogP) is 2.34. The van der Waals surface area contributed by atoms with Gasteiger partial charge in [-0.05, 0) is 44.5 Å². The van der Waals surface area contributed by atoms with Crippen LogP contribution in [0.25, 0.3) is 0 Å². The number of carbonyl (C=O) groups is 3. The zero-order chi connectivity index (χ0) is 18.1. The second kappa shape index (κ2) is 9.44. The molecule has 0 unspecified atom stereocenters. The van der Waals surface area contributed by atoms with E-state index in [-0.39, 0.29) is 11.9 Å². The van der Waals surface area contributed by atoms with Crippen LogP contribution in [-0.2, 0) is 14.3 Å². The standard InChI is InChI=1S/C17H23N3O4/c1-5-15(17(23)24-6-2)11(3)19-20-16(22)13-7-9-14(10-8-13)18-12(4)21/h7-10,15H,5-6H2,1-4H3,(H,18,21)(H,20,22)/b19-11-/t15-/m1/s1. The number of ether oxygens (including phenoxy) is 1. The summed E-state index contributed by atoms with van der Waals surface area (Å²) in [6, 6.07) is 6.41. The maximum atomic E-state index is 12.1. The SMILES string of the molecule is CCOC(=O)[C@H](CC)/C(C)=N\NC(=O)c1ccc(NC(C)=O)cc1. The van der Waals surface area contributed by atoms with Gasteiger partial charge in [-0.25, -0.2) is 5.43 Å². The second-order valence-electron chi connectivity index (χ2n) is 5.17. The van der Waals surface area contributed by atoms with E-state index in [0.717, 1.165) is 0 Å². The fraction of sp³-hybridized carbons (Fsp3) is 0.412. The molecule has 130 valence electrons. The molecule has 7 nitrogen and oxygen atoms in total. The van der Waals surface area contributed by atoms with Gasteiger partial charge in [0, 0.05) is 23.9 Å². The van der Waals surface area contributed by atoms with Gasteiger partial charge in [-0.15, -0.1) is 0 Å². The Kier molecular flexibility index (Phi) is 7.61. The van der Waals surface area contributed by atoms with Crippen LogP contribution in [0.3, 0.4) is 0 Å². The lowest BCUT2D eigenvalue weighted by molar-refractivity contribution is -0.145. The number of carbonyl (C=O) groups excluding carboxylic acids is 3. The maximum absolute atomic E-state index is 12.1. The molecule has 0 fully saturated rings. The van der Waals surface area contributed by atoms with E-state index in [9.17, 15) is 14.4 Å². The Hall–Kier alpha value is -2.70. The van der Waals surface area contributed by atoms with Crippen molar-refractivity contribution in [3.05, 3.63) is 29.8 Å². The number of rotatable bonds is 7. The molecule has 0 bridgehead atoms. The number of benzene rings is 1. The lowest BCUT2D eigenvalue weighted by Crippen LogP contribution is -2.27. The zero-order valence-corrected chi connectivity index (χ0v) is 14.4. The van der Waals surface area contributed by atoms with Gasteiger partial charge in [0.15, 0.2) is 0 Å². The molecule has 0 saturated carbocycles. The predicted molar refractivity (Wildman–Crippen MR) is 91.7 cm³/mol. The second-order valence-corrected chi connectivity index (χ2v) is 5.17. The molecule has 7 heteroatoms. The van der Waals surface area contributed by atoms with E-state index in [1.54, 1.807) is 38.1 Å². The highest BCUT2D eigenvalue weighted by Gasteiger charge is 2.21. The van der Waals surface area contributed by atoms with Crippen molar-refractivity contribution in [3.8, 4) is 0 Å². The minimum absolute atomic E-state index is 0.183. The van der Waals surface area contributed by atoms with Gasteiger partial charge in [-0.1, -0.05) is 6.92 Å². The number of nitrogens with one attached hydrogen (secondary N) is 2. The van der Waals surface area contributed by atoms with E-state index in [0.29, 0.717) is 30.0 Å². The van der Waals surface area contributed by atoms with Gasteiger partial charge in [0.2, 0.25) is 5.91 Å². The Morgan fingerprint density at radius 2 is 1.75 bits per heavy atom. The molecule has 0 aromatic heterocycles. The number of hydrogen-bond acceptors (Lipinski definition) is 5. The van der Waals surface area contributed by atoms with Crippen LogP contribution in [0.15, 0.2) is 29.4 Å². The van der Waals surface area contributed by atoms with Crippen LogP contribution in [0.4, 0.5) is 5.69 Å². The van der Waals surface area contributed by atoms with Crippen LogP contribution >= 0.6 is 0 Å². The summed E-state index contributed by atoms with van der Waals surface area (Å²) < 4.78 is 4.99. The van der Waals surface area contributed by atoms with Crippen molar-refractivity contribution < 1.29 is 19.1 Å². The average molecular weight is 333 g/mol. The number of esters is 1. The molecule has 0 saturated heterocycles. The third-order valence-electron chi connectivity index (χ3n) is 3.28. The zero-order valence-electron chi connectivity index (χ0n) is 14.4. The van der Waals surface area contributed by atoms with Crippen LogP contribution in [-0.4, -0.2) is 30.1 Å². The highest BCUT2D eigenvalue weighted by Crippen LogP contribution is 2.10. The van der Waals surface area contributed by atoms with Crippen LogP contribution < -0.4 is 10.7 Å². The first-order valence-electron chi connectivity index (χ1n) is 7.77. The van der Waals surface area contributed by atoms with Crippen molar-refractivity contribution in [3.63, 3.8) is 0 Å². The molecular weight excluding hydrogens is 310 g/mol. The van der Waals surface area contributed by atoms with Crippen molar-refractivity contribution in [2.24, 2.45) is 11.0 Å². The number of amides is 2. The van der Waals surface area contributed by atoms with E-state index in [1.807, 2.05) is 6.92 Å². The summed E-state index contributed by atoms with van der Waals surface area (Å²) in [5.41, 5.74) is 3.91. The lowest BCUT2D eigenvalue weighted by Gasteiger charge is -2.13. The van der Waals surface area contributed by atoms with E-state index in [1.165, 1.54) is 6.92 Å². The first-order valence-corrected chi connectivity index (χ1v) is 7.77. The topological polar surface area (TPSA) is 96.9 Å². The monoisotopic (exact) mass is 333 g/mol. The molecule has 24 heavy (non-hydrogen) atoms. The summed E-state index contributed by atoms with van der Waals surface area (Å²) >= 11 is 0. The molecule has 0 aliphatic rings. The highest BCUT2D eigenvalue weighted by atomic mass is 16.5. The Morgan fingerprint density at radius 1 is 1.12 bits per heavy atom. The van der Waals surface area contributed by atoms with Crippen molar-refractivity contribution in [2.75, 3.05) is 11.9 Å². The summed E-state index contributed by atoms with van der Waals surface area (Å²) in [5.74, 6) is -1.41. The summed E-state index contributed by atoms with van der Waals surface area (Å²) in [4.78, 5) is 34.8. The van der Waals surface area contributed by atoms with Gasteiger partial charge >= 0.3 is 5.97 Å². The Labute approximate surface area is 141 Å². The van der Waals surface area contributed by atoms with Crippen molar-refractivity contribution >= 4 is 29.2 Å². The lowest BCUT2D eigenvalue weighted by atomic mass is 10.0. The van der Waals surface area contributed by atoms with Gasteiger partial charge in [0.05, 0.1) is 12.5 Å². The molecule has 0 spiro atoms. The van der Waals surface area contributed by atoms with Crippen molar-refractivity contribution in [1.82, 2.24) is 5.43 Å². The molecule has 1 atom stereocenters.